The summed E-state index contributed by atoms with van der Waals surface area (Å²) in [6.45, 7) is 8.02. The van der Waals surface area contributed by atoms with Crippen LogP contribution in [0.1, 0.15) is 35.3 Å². The third-order valence-corrected chi connectivity index (χ3v) is 9.49. The molecule has 1 fully saturated rings. The number of carbonyl (C=O) groups is 1. The van der Waals surface area contributed by atoms with Gasteiger partial charge in [-0.05, 0) is 81.3 Å². The summed E-state index contributed by atoms with van der Waals surface area (Å²) in [5.41, 5.74) is 3.33. The second-order valence-electron chi connectivity index (χ2n) is 9.59. The Kier molecular flexibility index (Phi) is 7.39. The predicted molar refractivity (Wildman–Crippen MR) is 151 cm³/mol. The van der Waals surface area contributed by atoms with Gasteiger partial charge in [-0.1, -0.05) is 36.0 Å². The van der Waals surface area contributed by atoms with Gasteiger partial charge in [-0.25, -0.2) is 13.4 Å². The quantitative estimate of drug-likeness (QED) is 0.398. The fourth-order valence-electron chi connectivity index (χ4n) is 4.09. The highest BCUT2D eigenvalue weighted by molar-refractivity contribution is 8.14. The number of rotatable bonds is 6. The zero-order valence-corrected chi connectivity index (χ0v) is 23.5. The predicted octanol–water partition coefficient (Wildman–Crippen LogP) is 5.79. The summed E-state index contributed by atoms with van der Waals surface area (Å²) in [4.78, 5) is 20.3. The molecule has 0 N–H and O–H groups in total. The van der Waals surface area contributed by atoms with Crippen molar-refractivity contribution < 1.29 is 17.9 Å². The van der Waals surface area contributed by atoms with Crippen molar-refractivity contribution in [2.45, 2.75) is 38.1 Å². The van der Waals surface area contributed by atoms with Gasteiger partial charge in [0.05, 0.1) is 28.9 Å². The zero-order chi connectivity index (χ0) is 27.0. The lowest BCUT2D eigenvalue weighted by Crippen LogP contribution is -2.46. The van der Waals surface area contributed by atoms with Crippen LogP contribution in [-0.4, -0.2) is 49.8 Å². The van der Waals surface area contributed by atoms with Gasteiger partial charge in [-0.15, -0.1) is 0 Å². The molecule has 1 saturated heterocycles. The molecule has 0 aliphatic carbocycles. The van der Waals surface area contributed by atoms with Gasteiger partial charge in [0.15, 0.2) is 5.17 Å². The number of amidine groups is 1. The molecule has 194 valence electrons. The molecular weight excluding hydrogens is 506 g/mol. The van der Waals surface area contributed by atoms with E-state index >= 15 is 0 Å². The first-order valence-electron chi connectivity index (χ1n) is 11.8. The molecule has 0 atom stereocenters. The molecule has 37 heavy (non-hydrogen) atoms. The van der Waals surface area contributed by atoms with Crippen LogP contribution < -0.4 is 9.04 Å². The van der Waals surface area contributed by atoms with Gasteiger partial charge < -0.3 is 4.74 Å². The lowest BCUT2D eigenvalue weighted by molar-refractivity contribution is 0.0767. The van der Waals surface area contributed by atoms with Crippen LogP contribution in [0.5, 0.6) is 5.75 Å². The maximum Gasteiger partial charge on any atom is 0.264 e. The number of aryl methyl sites for hydroxylation is 2. The second-order valence-corrected chi connectivity index (χ2v) is 12.5. The monoisotopic (exact) mass is 537 g/mol. The number of benzene rings is 3. The standard InChI is InChI=1S/C28H31N3O4S2/c1-19-11-12-20(2)23(17-19)29-27-31(28(3,4)18-36-27)26(32)21-13-15-22(16-14-21)37(33,34)30(5)24-9-7-8-10-25(24)35-6/h7-17H,18H2,1-6H3. The average molecular weight is 538 g/mol. The van der Waals surface area contributed by atoms with E-state index in [2.05, 4.69) is 0 Å². The molecule has 0 bridgehead atoms. The minimum Gasteiger partial charge on any atom is -0.495 e. The first-order valence-corrected chi connectivity index (χ1v) is 14.2. The first kappa shape index (κ1) is 26.8. The molecule has 0 unspecified atom stereocenters. The molecule has 7 nitrogen and oxygen atoms in total. The largest absolute Gasteiger partial charge is 0.495 e. The Morgan fingerprint density at radius 3 is 2.41 bits per heavy atom. The Labute approximate surface area is 223 Å². The number of anilines is 1. The Balaban J connectivity index is 1.64. The number of hydrogen-bond donors (Lipinski definition) is 0. The molecule has 0 spiro atoms. The van der Waals surface area contributed by atoms with Crippen molar-refractivity contribution in [2.75, 3.05) is 24.2 Å². The van der Waals surface area contributed by atoms with Crippen LogP contribution in [0.2, 0.25) is 0 Å². The van der Waals surface area contributed by atoms with Crippen LogP contribution in [0.3, 0.4) is 0 Å². The maximum absolute atomic E-state index is 13.7. The number of thioether (sulfide) groups is 1. The van der Waals surface area contributed by atoms with Gasteiger partial charge >= 0.3 is 0 Å². The molecule has 3 aromatic carbocycles. The minimum absolute atomic E-state index is 0.0804. The molecule has 3 aromatic rings. The number of aliphatic imine (C=N–C) groups is 1. The van der Waals surface area contributed by atoms with E-state index in [9.17, 15) is 13.2 Å². The number of para-hydroxylation sites is 2. The van der Waals surface area contributed by atoms with Gasteiger partial charge in [-0.2, -0.15) is 0 Å². The molecular formula is C28H31N3O4S2. The van der Waals surface area contributed by atoms with Crippen molar-refractivity contribution in [3.8, 4) is 5.75 Å². The van der Waals surface area contributed by atoms with E-state index in [0.717, 1.165) is 16.8 Å². The van der Waals surface area contributed by atoms with E-state index in [0.29, 0.717) is 27.9 Å². The number of ether oxygens (including phenoxy) is 1. The summed E-state index contributed by atoms with van der Waals surface area (Å²) in [5.74, 6) is 0.935. The fourth-order valence-corrected chi connectivity index (χ4v) is 6.53. The Hall–Kier alpha value is -3.30. The van der Waals surface area contributed by atoms with Crippen molar-refractivity contribution >= 4 is 44.2 Å². The van der Waals surface area contributed by atoms with Gasteiger partial charge in [0.25, 0.3) is 15.9 Å². The van der Waals surface area contributed by atoms with E-state index in [-0.39, 0.29) is 10.8 Å². The lowest BCUT2D eigenvalue weighted by atomic mass is 10.0. The summed E-state index contributed by atoms with van der Waals surface area (Å²) in [6, 6.07) is 19.0. The van der Waals surface area contributed by atoms with E-state index in [1.165, 1.54) is 30.6 Å². The minimum atomic E-state index is -3.87. The molecule has 1 heterocycles. The van der Waals surface area contributed by atoms with Crippen molar-refractivity contribution in [1.29, 1.82) is 0 Å². The molecule has 0 saturated carbocycles. The number of carbonyl (C=O) groups excluding carboxylic acids is 1. The summed E-state index contributed by atoms with van der Waals surface area (Å²) < 4.78 is 33.1. The van der Waals surface area contributed by atoms with Crippen LogP contribution in [-0.2, 0) is 10.0 Å². The third kappa shape index (κ3) is 5.24. The maximum atomic E-state index is 13.7. The van der Waals surface area contributed by atoms with Crippen LogP contribution in [0.15, 0.2) is 76.6 Å². The number of nitrogens with zero attached hydrogens (tertiary/aromatic N) is 3. The normalized spacial score (nSPS) is 16.2. The van der Waals surface area contributed by atoms with Crippen molar-refractivity contribution in [2.24, 2.45) is 4.99 Å². The topological polar surface area (TPSA) is 79.3 Å². The molecule has 1 amide bonds. The van der Waals surface area contributed by atoms with Gasteiger partial charge in [0.2, 0.25) is 0 Å². The first-order chi connectivity index (χ1) is 17.5. The van der Waals surface area contributed by atoms with Gasteiger partial charge in [0.1, 0.15) is 5.75 Å². The van der Waals surface area contributed by atoms with E-state index in [1.54, 1.807) is 53.1 Å². The lowest BCUT2D eigenvalue weighted by Gasteiger charge is -2.30. The second kappa shape index (κ2) is 10.2. The summed E-state index contributed by atoms with van der Waals surface area (Å²) in [5, 5.41) is 0.635. The Morgan fingerprint density at radius 2 is 1.73 bits per heavy atom. The smallest absolute Gasteiger partial charge is 0.264 e. The molecule has 0 radical (unpaired) electrons. The summed E-state index contributed by atoms with van der Waals surface area (Å²) in [7, 11) is -0.895. The summed E-state index contributed by atoms with van der Waals surface area (Å²) in [6.07, 6.45) is 0. The SMILES string of the molecule is COc1ccccc1N(C)S(=O)(=O)c1ccc(C(=O)N2C(=Nc3cc(C)ccc3C)SCC2(C)C)cc1. The van der Waals surface area contributed by atoms with Crippen molar-refractivity contribution in [3.63, 3.8) is 0 Å². The van der Waals surface area contributed by atoms with Crippen LogP contribution >= 0.6 is 11.8 Å². The highest BCUT2D eigenvalue weighted by Gasteiger charge is 2.42. The molecule has 1 aliphatic rings. The average Bonchev–Trinajstić information content (AvgIpc) is 3.18. The number of amides is 1. The van der Waals surface area contributed by atoms with Crippen molar-refractivity contribution in [3.05, 3.63) is 83.4 Å². The Morgan fingerprint density at radius 1 is 1.05 bits per heavy atom. The number of methoxy groups -OCH3 is 1. The van der Waals surface area contributed by atoms with Crippen LogP contribution in [0.4, 0.5) is 11.4 Å². The molecule has 4 rings (SSSR count). The third-order valence-electron chi connectivity index (χ3n) is 6.32. The van der Waals surface area contributed by atoms with Gasteiger partial charge in [-0.3, -0.25) is 14.0 Å². The molecule has 0 aromatic heterocycles. The molecule has 9 heteroatoms. The Bertz CT molecular complexity index is 1460. The van der Waals surface area contributed by atoms with Gasteiger partial charge in [0, 0.05) is 18.4 Å². The summed E-state index contributed by atoms with van der Waals surface area (Å²) >= 11 is 1.54. The van der Waals surface area contributed by atoms with E-state index in [1.807, 2.05) is 45.9 Å². The highest BCUT2D eigenvalue weighted by atomic mass is 32.2. The number of sulfonamides is 1. The zero-order valence-electron chi connectivity index (χ0n) is 21.8. The van der Waals surface area contributed by atoms with Crippen molar-refractivity contribution in [1.82, 2.24) is 4.90 Å². The number of hydrogen-bond acceptors (Lipinski definition) is 6. The fraction of sp³-hybridized carbons (Fsp3) is 0.286. The van der Waals surface area contributed by atoms with Crippen LogP contribution in [0, 0.1) is 13.8 Å². The van der Waals surface area contributed by atoms with E-state index < -0.39 is 15.6 Å². The highest BCUT2D eigenvalue weighted by Crippen LogP contribution is 2.37. The molecule has 1 aliphatic heterocycles. The van der Waals surface area contributed by atoms with Crippen LogP contribution in [0.25, 0.3) is 0 Å². The van der Waals surface area contributed by atoms with E-state index in [4.69, 9.17) is 9.73 Å².